The molecule has 2 aromatic rings. The van der Waals surface area contributed by atoms with Gasteiger partial charge in [0.25, 0.3) is 0 Å². The molecular weight excluding hydrogens is 376 g/mol. The van der Waals surface area contributed by atoms with Crippen LogP contribution in [0.15, 0.2) is 33.5 Å². The number of rotatable bonds is 3. The molecule has 0 amide bonds. The normalized spacial score (nSPS) is 27.0. The van der Waals surface area contributed by atoms with Gasteiger partial charge in [0, 0.05) is 17.5 Å². The van der Waals surface area contributed by atoms with Gasteiger partial charge in [0.1, 0.15) is 35.8 Å². The summed E-state index contributed by atoms with van der Waals surface area (Å²) in [6, 6.07) is 5.17. The summed E-state index contributed by atoms with van der Waals surface area (Å²) in [7, 11) is 0. The van der Waals surface area contributed by atoms with Gasteiger partial charge in [-0.25, -0.2) is 4.79 Å². The zero-order chi connectivity index (χ0) is 21.0. The molecule has 1 aliphatic heterocycles. The van der Waals surface area contributed by atoms with Crippen molar-refractivity contribution in [1.29, 1.82) is 0 Å². The second kappa shape index (κ2) is 9.13. The van der Waals surface area contributed by atoms with E-state index in [1.54, 1.807) is 0 Å². The molecule has 28 heavy (non-hydrogen) atoms. The van der Waals surface area contributed by atoms with Gasteiger partial charge in [0.2, 0.25) is 6.29 Å². The second-order valence-electron chi connectivity index (χ2n) is 6.34. The number of hydrogen-bond donors (Lipinski definition) is 5. The third-order valence-electron chi connectivity index (χ3n) is 3.79. The number of aromatic hydroxyl groups is 1. The Bertz CT molecular complexity index is 870. The van der Waals surface area contributed by atoms with E-state index in [9.17, 15) is 30.0 Å². The van der Waals surface area contributed by atoms with Gasteiger partial charge in [-0.15, -0.1) is 0 Å². The number of hydrogen-bond acceptors (Lipinski definition) is 10. The maximum atomic E-state index is 11.2. The Hall–Kier alpha value is -2.50. The highest BCUT2D eigenvalue weighted by molar-refractivity contribution is 5.80. The molecule has 10 heteroatoms. The number of Topliss-reactive ketones (excluding diaryl/α,β-unsaturated/α-hetero) is 1. The van der Waals surface area contributed by atoms with Crippen molar-refractivity contribution in [3.05, 3.63) is 34.7 Å². The predicted octanol–water partition coefficient (Wildman–Crippen LogP) is -0.727. The second-order valence-corrected chi connectivity index (χ2v) is 6.34. The van der Waals surface area contributed by atoms with Crippen LogP contribution < -0.4 is 10.4 Å². The van der Waals surface area contributed by atoms with Crippen molar-refractivity contribution in [2.75, 3.05) is 6.61 Å². The summed E-state index contributed by atoms with van der Waals surface area (Å²) < 4.78 is 15.5. The van der Waals surface area contributed by atoms with E-state index < -0.39 is 42.9 Å². The van der Waals surface area contributed by atoms with Crippen LogP contribution in [0.25, 0.3) is 11.0 Å². The van der Waals surface area contributed by atoms with Crippen molar-refractivity contribution in [2.24, 2.45) is 0 Å². The van der Waals surface area contributed by atoms with Crippen molar-refractivity contribution in [3.63, 3.8) is 0 Å². The van der Waals surface area contributed by atoms with E-state index >= 15 is 0 Å². The molecule has 0 unspecified atom stereocenters. The molecule has 1 aromatic heterocycles. The third-order valence-corrected chi connectivity index (χ3v) is 3.79. The van der Waals surface area contributed by atoms with E-state index in [1.807, 2.05) is 0 Å². The van der Waals surface area contributed by atoms with Gasteiger partial charge >= 0.3 is 5.63 Å². The third kappa shape index (κ3) is 5.06. The van der Waals surface area contributed by atoms with Crippen LogP contribution in [-0.4, -0.2) is 68.6 Å². The lowest BCUT2D eigenvalue weighted by Crippen LogP contribution is -2.60. The standard InChI is InChI=1S/C15H16O9.C3H6O/c16-5-10-12(19)13(20)14(21)15(24-10)23-9-3-6-1-2-11(18)22-8(6)4-7(9)17;1-3(2)4/h1-4,10,12-17,19-21H,5H2;1-2H3/t10-,12-,13+,14-,15-;/m1./s1. The topological polar surface area (TPSA) is 167 Å². The van der Waals surface area contributed by atoms with Crippen molar-refractivity contribution in [2.45, 2.75) is 44.6 Å². The van der Waals surface area contributed by atoms with E-state index in [2.05, 4.69) is 0 Å². The Morgan fingerprint density at radius 2 is 1.75 bits per heavy atom. The monoisotopic (exact) mass is 398 g/mol. The molecular formula is C18H22O10. The molecule has 0 radical (unpaired) electrons. The number of benzene rings is 1. The summed E-state index contributed by atoms with van der Waals surface area (Å²) in [5.41, 5.74) is -0.439. The molecule has 0 aliphatic carbocycles. The quantitative estimate of drug-likeness (QED) is 0.416. The average Bonchev–Trinajstić information content (AvgIpc) is 2.62. The Kier molecular flexibility index (Phi) is 7.11. The van der Waals surface area contributed by atoms with E-state index in [0.29, 0.717) is 5.39 Å². The van der Waals surface area contributed by atoms with Crippen molar-refractivity contribution >= 4 is 16.8 Å². The molecule has 3 rings (SSSR count). The van der Waals surface area contributed by atoms with Gasteiger partial charge in [0.15, 0.2) is 11.5 Å². The first-order valence-corrected chi connectivity index (χ1v) is 8.35. The molecule has 5 N–H and O–H groups in total. The Morgan fingerprint density at radius 1 is 1.11 bits per heavy atom. The molecule has 2 heterocycles. The van der Waals surface area contributed by atoms with Crippen LogP contribution in [-0.2, 0) is 9.53 Å². The maximum absolute atomic E-state index is 11.2. The van der Waals surface area contributed by atoms with Crippen LogP contribution in [0.3, 0.4) is 0 Å². The van der Waals surface area contributed by atoms with Crippen LogP contribution >= 0.6 is 0 Å². The predicted molar refractivity (Wildman–Crippen MR) is 94.9 cm³/mol. The van der Waals surface area contributed by atoms with Gasteiger partial charge in [-0.2, -0.15) is 0 Å². The Balaban J connectivity index is 0.000000640. The summed E-state index contributed by atoms with van der Waals surface area (Å²) in [6.45, 7) is 2.46. The van der Waals surface area contributed by atoms with Crippen LogP contribution in [0.4, 0.5) is 0 Å². The number of ether oxygens (including phenoxy) is 2. The molecule has 0 bridgehead atoms. The fraction of sp³-hybridized carbons (Fsp3) is 0.444. The van der Waals surface area contributed by atoms with Crippen molar-refractivity contribution < 1.29 is 44.2 Å². The largest absolute Gasteiger partial charge is 0.504 e. The van der Waals surface area contributed by atoms with Gasteiger partial charge in [0.05, 0.1) is 6.61 Å². The van der Waals surface area contributed by atoms with Gasteiger partial charge in [-0.3, -0.25) is 0 Å². The van der Waals surface area contributed by atoms with Crippen LogP contribution in [0.2, 0.25) is 0 Å². The number of fused-ring (bicyclic) bond motifs is 1. The van der Waals surface area contributed by atoms with Crippen LogP contribution in [0.5, 0.6) is 11.5 Å². The fourth-order valence-electron chi connectivity index (χ4n) is 2.47. The molecule has 1 fully saturated rings. The van der Waals surface area contributed by atoms with E-state index in [1.165, 1.54) is 32.0 Å². The van der Waals surface area contributed by atoms with Crippen LogP contribution in [0.1, 0.15) is 13.8 Å². The van der Waals surface area contributed by atoms with E-state index in [4.69, 9.17) is 19.0 Å². The molecule has 0 saturated carbocycles. The molecule has 1 aliphatic rings. The maximum Gasteiger partial charge on any atom is 0.336 e. The lowest BCUT2D eigenvalue weighted by Gasteiger charge is -2.39. The minimum atomic E-state index is -1.60. The Morgan fingerprint density at radius 3 is 2.36 bits per heavy atom. The van der Waals surface area contributed by atoms with Gasteiger partial charge in [-0.1, -0.05) is 0 Å². The molecule has 0 spiro atoms. The summed E-state index contributed by atoms with van der Waals surface area (Å²) in [5, 5.41) is 49.0. The summed E-state index contributed by atoms with van der Waals surface area (Å²) in [6.07, 6.45) is -7.27. The number of aliphatic hydroxyl groups is 4. The average molecular weight is 398 g/mol. The highest BCUT2D eigenvalue weighted by atomic mass is 16.7. The highest BCUT2D eigenvalue weighted by Gasteiger charge is 2.44. The molecule has 1 aromatic carbocycles. The zero-order valence-electron chi connectivity index (χ0n) is 15.2. The van der Waals surface area contributed by atoms with Crippen molar-refractivity contribution in [1.82, 2.24) is 0 Å². The number of carbonyl (C=O) groups excluding carboxylic acids is 1. The van der Waals surface area contributed by atoms with E-state index in [-0.39, 0.29) is 22.9 Å². The fourth-order valence-corrected chi connectivity index (χ4v) is 2.47. The molecule has 1 saturated heterocycles. The number of carbonyl (C=O) groups is 1. The van der Waals surface area contributed by atoms with Gasteiger partial charge in [-0.05, 0) is 26.0 Å². The minimum Gasteiger partial charge on any atom is -0.504 e. The first-order chi connectivity index (χ1) is 13.1. The summed E-state index contributed by atoms with van der Waals surface area (Å²) in [5.74, 6) is -0.311. The number of phenolic OH excluding ortho intramolecular Hbond substituents is 1. The zero-order valence-corrected chi connectivity index (χ0v) is 15.2. The number of phenols is 1. The smallest absolute Gasteiger partial charge is 0.336 e. The van der Waals surface area contributed by atoms with E-state index in [0.717, 1.165) is 6.07 Å². The number of ketones is 1. The first-order valence-electron chi connectivity index (χ1n) is 8.35. The lowest BCUT2D eigenvalue weighted by molar-refractivity contribution is -0.277. The first kappa shape index (κ1) is 21.8. The summed E-state index contributed by atoms with van der Waals surface area (Å²) in [4.78, 5) is 20.6. The molecule has 154 valence electrons. The van der Waals surface area contributed by atoms with Crippen LogP contribution in [0, 0.1) is 0 Å². The van der Waals surface area contributed by atoms with Crippen molar-refractivity contribution in [3.8, 4) is 11.5 Å². The minimum absolute atomic E-state index is 0.0966. The number of aliphatic hydroxyl groups excluding tert-OH is 4. The Labute approximate surface area is 159 Å². The van der Waals surface area contributed by atoms with Gasteiger partial charge < -0.3 is 44.2 Å². The summed E-state index contributed by atoms with van der Waals surface area (Å²) >= 11 is 0. The molecule has 10 nitrogen and oxygen atoms in total. The highest BCUT2D eigenvalue weighted by Crippen LogP contribution is 2.33. The molecule has 5 atom stereocenters. The SMILES string of the molecule is CC(C)=O.O=c1ccc2cc(O[C@@H]3O[C@H](CO)[C@@H](O)[C@H](O)[C@H]3O)c(O)cc2o1. The lowest BCUT2D eigenvalue weighted by atomic mass is 9.99.